The van der Waals surface area contributed by atoms with Crippen LogP contribution in [0.5, 0.6) is 0 Å². The van der Waals surface area contributed by atoms with E-state index in [1.807, 2.05) is 0 Å². The molecule has 1 aromatic carbocycles. The summed E-state index contributed by atoms with van der Waals surface area (Å²) in [6, 6.07) is 6.74. The van der Waals surface area contributed by atoms with Crippen LogP contribution >= 0.6 is 11.3 Å². The van der Waals surface area contributed by atoms with Crippen molar-refractivity contribution in [3.8, 4) is 0 Å². The number of hydrogen-bond donors (Lipinski definition) is 1. The highest BCUT2D eigenvalue weighted by Crippen LogP contribution is 2.34. The van der Waals surface area contributed by atoms with Crippen LogP contribution in [0.25, 0.3) is 0 Å². The zero-order chi connectivity index (χ0) is 19.7. The number of anilines is 1. The van der Waals surface area contributed by atoms with E-state index in [1.54, 1.807) is 35.6 Å². The molecule has 28 heavy (non-hydrogen) atoms. The smallest absolute Gasteiger partial charge is 0.261 e. The Morgan fingerprint density at radius 3 is 2.64 bits per heavy atom. The lowest BCUT2D eigenvalue weighted by Crippen LogP contribution is -2.32. The second-order valence-electron chi connectivity index (χ2n) is 7.39. The quantitative estimate of drug-likeness (QED) is 0.754. The van der Waals surface area contributed by atoms with Crippen molar-refractivity contribution in [2.45, 2.75) is 45.4 Å². The van der Waals surface area contributed by atoms with Gasteiger partial charge >= 0.3 is 0 Å². The average Bonchev–Trinajstić information content (AvgIpc) is 3.19. The molecule has 0 fully saturated rings. The van der Waals surface area contributed by atoms with Crippen molar-refractivity contribution in [1.29, 1.82) is 0 Å². The summed E-state index contributed by atoms with van der Waals surface area (Å²) in [7, 11) is 0. The molecule has 2 aromatic rings. The number of aromatic nitrogens is 1. The van der Waals surface area contributed by atoms with Crippen molar-refractivity contribution >= 4 is 34.2 Å². The standard InChI is InChI=1S/C21H23N3O3S/c1-2-5-13-8-9-16-17(12-13)28-21(22-16)23-18(25)10-11-24-19(26)14-6-3-4-7-15(14)20(24)27/h3-4,6-7,13H,2,5,8-12H2,1H3,(H,22,23,25). The Balaban J connectivity index is 1.34. The van der Waals surface area contributed by atoms with Crippen LogP contribution in [-0.4, -0.2) is 34.2 Å². The van der Waals surface area contributed by atoms with Crippen LogP contribution < -0.4 is 5.32 Å². The van der Waals surface area contributed by atoms with Gasteiger partial charge in [0, 0.05) is 17.8 Å². The third-order valence-corrected chi connectivity index (χ3v) is 6.46. The molecule has 1 aromatic heterocycles. The number of imide groups is 1. The van der Waals surface area contributed by atoms with Gasteiger partial charge in [-0.3, -0.25) is 19.3 Å². The number of carbonyl (C=O) groups is 3. The highest BCUT2D eigenvalue weighted by molar-refractivity contribution is 7.15. The Bertz CT molecular complexity index is 902. The highest BCUT2D eigenvalue weighted by Gasteiger charge is 2.35. The van der Waals surface area contributed by atoms with E-state index >= 15 is 0 Å². The molecular formula is C21H23N3O3S. The summed E-state index contributed by atoms with van der Waals surface area (Å²) in [5.74, 6) is -0.178. The van der Waals surface area contributed by atoms with Crippen LogP contribution in [0.15, 0.2) is 24.3 Å². The van der Waals surface area contributed by atoms with Gasteiger partial charge < -0.3 is 5.32 Å². The molecule has 0 saturated carbocycles. The van der Waals surface area contributed by atoms with E-state index in [-0.39, 0.29) is 30.7 Å². The summed E-state index contributed by atoms with van der Waals surface area (Å²) < 4.78 is 0. The van der Waals surface area contributed by atoms with Crippen molar-refractivity contribution in [2.24, 2.45) is 5.92 Å². The molecule has 4 rings (SSSR count). The fourth-order valence-corrected chi connectivity index (χ4v) is 5.13. The molecule has 3 amide bonds. The normalized spacial score (nSPS) is 18.2. The van der Waals surface area contributed by atoms with Crippen LogP contribution in [0, 0.1) is 5.92 Å². The molecule has 1 aliphatic heterocycles. The molecular weight excluding hydrogens is 374 g/mol. The number of hydrogen-bond acceptors (Lipinski definition) is 5. The van der Waals surface area contributed by atoms with E-state index in [0.717, 1.165) is 35.8 Å². The number of thiazole rings is 1. The maximum Gasteiger partial charge on any atom is 0.261 e. The molecule has 146 valence electrons. The van der Waals surface area contributed by atoms with Crippen molar-refractivity contribution < 1.29 is 14.4 Å². The topological polar surface area (TPSA) is 79.4 Å². The predicted molar refractivity (Wildman–Crippen MR) is 108 cm³/mol. The molecule has 1 aliphatic carbocycles. The number of carbonyl (C=O) groups excluding carboxylic acids is 3. The average molecular weight is 398 g/mol. The van der Waals surface area contributed by atoms with E-state index in [9.17, 15) is 14.4 Å². The maximum atomic E-state index is 12.4. The van der Waals surface area contributed by atoms with Gasteiger partial charge in [0.15, 0.2) is 5.13 Å². The van der Waals surface area contributed by atoms with Crippen LogP contribution in [0.4, 0.5) is 5.13 Å². The second-order valence-corrected chi connectivity index (χ2v) is 8.48. The van der Waals surface area contributed by atoms with E-state index in [1.165, 1.54) is 17.7 Å². The van der Waals surface area contributed by atoms with E-state index in [4.69, 9.17) is 0 Å². The minimum Gasteiger partial charge on any atom is -0.302 e. The molecule has 0 saturated heterocycles. The summed E-state index contributed by atoms with van der Waals surface area (Å²) >= 11 is 1.55. The van der Waals surface area contributed by atoms with E-state index in [2.05, 4.69) is 17.2 Å². The number of benzene rings is 1. The minimum absolute atomic E-state index is 0.0637. The first kappa shape index (κ1) is 18.8. The van der Waals surface area contributed by atoms with Gasteiger partial charge in [-0.15, -0.1) is 11.3 Å². The monoisotopic (exact) mass is 397 g/mol. The third-order valence-electron chi connectivity index (χ3n) is 5.43. The highest BCUT2D eigenvalue weighted by atomic mass is 32.1. The Kier molecular flexibility index (Phi) is 5.26. The number of aryl methyl sites for hydroxylation is 1. The van der Waals surface area contributed by atoms with Crippen LogP contribution in [0.1, 0.15) is 63.9 Å². The summed E-state index contributed by atoms with van der Waals surface area (Å²) in [5.41, 5.74) is 1.91. The van der Waals surface area contributed by atoms with E-state index < -0.39 is 0 Å². The lowest BCUT2D eigenvalue weighted by molar-refractivity contribution is -0.116. The number of nitrogens with zero attached hydrogens (tertiary/aromatic N) is 2. The molecule has 0 bridgehead atoms. The van der Waals surface area contributed by atoms with Crippen LogP contribution in [0.3, 0.4) is 0 Å². The van der Waals surface area contributed by atoms with Gasteiger partial charge in [-0.05, 0) is 37.3 Å². The van der Waals surface area contributed by atoms with Crippen molar-refractivity contribution in [3.05, 3.63) is 46.0 Å². The largest absolute Gasteiger partial charge is 0.302 e. The van der Waals surface area contributed by atoms with Gasteiger partial charge in [-0.25, -0.2) is 4.98 Å². The number of amides is 3. The molecule has 7 heteroatoms. The second kappa shape index (κ2) is 7.83. The maximum absolute atomic E-state index is 12.4. The van der Waals surface area contributed by atoms with Gasteiger partial charge in [0.2, 0.25) is 5.91 Å². The number of fused-ring (bicyclic) bond motifs is 2. The lowest BCUT2D eigenvalue weighted by Gasteiger charge is -2.19. The van der Waals surface area contributed by atoms with Gasteiger partial charge in [-0.1, -0.05) is 31.9 Å². The van der Waals surface area contributed by atoms with Crippen molar-refractivity contribution in [2.75, 3.05) is 11.9 Å². The van der Waals surface area contributed by atoms with Gasteiger partial charge in [0.05, 0.1) is 16.8 Å². The molecule has 1 N–H and O–H groups in total. The SMILES string of the molecule is CCCC1CCc2nc(NC(=O)CCN3C(=O)c4ccccc4C3=O)sc2C1. The third kappa shape index (κ3) is 3.58. The first-order valence-electron chi connectivity index (χ1n) is 9.80. The van der Waals surface area contributed by atoms with Gasteiger partial charge in [0.1, 0.15) is 0 Å². The first-order valence-corrected chi connectivity index (χ1v) is 10.6. The lowest BCUT2D eigenvalue weighted by atomic mass is 9.88. The number of rotatable bonds is 6. The molecule has 2 heterocycles. The molecule has 2 aliphatic rings. The molecule has 1 atom stereocenters. The Labute approximate surface area is 168 Å². The number of nitrogens with one attached hydrogen (secondary N) is 1. The van der Waals surface area contributed by atoms with Gasteiger partial charge in [0.25, 0.3) is 11.8 Å². The van der Waals surface area contributed by atoms with Gasteiger partial charge in [-0.2, -0.15) is 0 Å². The Morgan fingerprint density at radius 2 is 1.96 bits per heavy atom. The Morgan fingerprint density at radius 1 is 1.25 bits per heavy atom. The first-order chi connectivity index (χ1) is 13.6. The predicted octanol–water partition coefficient (Wildman–Crippen LogP) is 3.67. The van der Waals surface area contributed by atoms with Crippen molar-refractivity contribution in [3.63, 3.8) is 0 Å². The molecule has 6 nitrogen and oxygen atoms in total. The molecule has 0 radical (unpaired) electrons. The summed E-state index contributed by atoms with van der Waals surface area (Å²) in [4.78, 5) is 44.0. The summed E-state index contributed by atoms with van der Waals surface area (Å²) in [5, 5.41) is 3.46. The zero-order valence-corrected chi connectivity index (χ0v) is 16.7. The van der Waals surface area contributed by atoms with E-state index in [0.29, 0.717) is 16.3 Å². The summed E-state index contributed by atoms with van der Waals surface area (Å²) in [6.45, 7) is 2.28. The fourth-order valence-electron chi connectivity index (χ4n) is 3.99. The molecule has 1 unspecified atom stereocenters. The summed E-state index contributed by atoms with van der Waals surface area (Å²) in [6.07, 6.45) is 5.68. The van der Waals surface area contributed by atoms with Crippen LogP contribution in [-0.2, 0) is 17.6 Å². The van der Waals surface area contributed by atoms with Crippen LogP contribution in [0.2, 0.25) is 0 Å². The Hall–Kier alpha value is -2.54. The van der Waals surface area contributed by atoms with Crippen molar-refractivity contribution in [1.82, 2.24) is 9.88 Å². The minimum atomic E-state index is -0.333. The molecule has 0 spiro atoms. The fraction of sp³-hybridized carbons (Fsp3) is 0.429. The zero-order valence-electron chi connectivity index (χ0n) is 15.9.